The summed E-state index contributed by atoms with van der Waals surface area (Å²) in [5.74, 6) is 5.02. The highest BCUT2D eigenvalue weighted by Gasteiger charge is 2.07. The molecule has 0 aliphatic carbocycles. The van der Waals surface area contributed by atoms with Crippen molar-refractivity contribution in [3.63, 3.8) is 0 Å². The number of nitrogens with two attached hydrogens (primary N) is 1. The van der Waals surface area contributed by atoms with Crippen molar-refractivity contribution in [2.75, 3.05) is 11.1 Å². The van der Waals surface area contributed by atoms with Crippen LogP contribution in [0.25, 0.3) is 0 Å². The van der Waals surface area contributed by atoms with E-state index in [2.05, 4.69) is 27.8 Å². The van der Waals surface area contributed by atoms with Crippen molar-refractivity contribution >= 4 is 33.2 Å². The Morgan fingerprint density at radius 2 is 2.21 bits per heavy atom. The van der Waals surface area contributed by atoms with Crippen molar-refractivity contribution < 1.29 is 4.39 Å². The largest absolute Gasteiger partial charge is 0.396 e. The van der Waals surface area contributed by atoms with Gasteiger partial charge < -0.3 is 5.73 Å². The third-order valence-electron chi connectivity index (χ3n) is 1.55. The van der Waals surface area contributed by atoms with Gasteiger partial charge in [0.25, 0.3) is 0 Å². The molecule has 0 radical (unpaired) electrons. The molecule has 0 atom stereocenters. The molecule has 0 fully saturated rings. The van der Waals surface area contributed by atoms with Gasteiger partial charge in [-0.2, -0.15) is 0 Å². The fraction of sp³-hybridized carbons (Fsp3) is 0.200. The lowest BCUT2D eigenvalue weighted by molar-refractivity contribution is 0.632. The summed E-state index contributed by atoms with van der Waals surface area (Å²) in [7, 11) is 0. The van der Waals surface area contributed by atoms with Gasteiger partial charge in [-0.15, -0.1) is 0 Å². The van der Waals surface area contributed by atoms with Crippen molar-refractivity contribution in [2.45, 2.75) is 6.42 Å². The van der Waals surface area contributed by atoms with E-state index in [-0.39, 0.29) is 10.7 Å². The number of nitrogen functional groups attached to an aromatic ring is 1. The normalized spacial score (nSPS) is 9.36. The summed E-state index contributed by atoms with van der Waals surface area (Å²) in [5.41, 5.74) is 5.84. The number of hydrogen-bond donors (Lipinski definition) is 1. The molecule has 0 unspecified atom stereocenters. The lowest BCUT2D eigenvalue weighted by Gasteiger charge is -2.00. The van der Waals surface area contributed by atoms with Crippen LogP contribution in [0.2, 0.25) is 5.02 Å². The molecule has 1 nitrogen and oxygen atoms in total. The molecule has 1 aromatic rings. The standard InChI is InChI=1S/C10H8BrClFN/c11-6-2-1-3-7-4-5-8(14)10(13)9(7)12/h4-5H,2,6,14H2. The van der Waals surface area contributed by atoms with E-state index in [1.807, 2.05) is 0 Å². The van der Waals surface area contributed by atoms with Gasteiger partial charge in [-0.3, -0.25) is 0 Å². The number of halogens is 3. The van der Waals surface area contributed by atoms with Gasteiger partial charge in [-0.25, -0.2) is 4.39 Å². The molecule has 0 saturated heterocycles. The third-order valence-corrected chi connectivity index (χ3v) is 2.32. The highest BCUT2D eigenvalue weighted by molar-refractivity contribution is 9.09. The Bertz CT molecular complexity index is 395. The van der Waals surface area contributed by atoms with Crippen LogP contribution in [-0.4, -0.2) is 5.33 Å². The Labute approximate surface area is 95.6 Å². The van der Waals surface area contributed by atoms with Crippen molar-refractivity contribution in [3.8, 4) is 11.8 Å². The highest BCUT2D eigenvalue weighted by Crippen LogP contribution is 2.23. The number of rotatable bonds is 1. The minimum atomic E-state index is -0.600. The number of benzene rings is 1. The molecule has 4 heteroatoms. The van der Waals surface area contributed by atoms with Crippen molar-refractivity contribution in [2.24, 2.45) is 0 Å². The molecule has 0 amide bonds. The van der Waals surface area contributed by atoms with Crippen molar-refractivity contribution in [3.05, 3.63) is 28.5 Å². The maximum absolute atomic E-state index is 13.2. The van der Waals surface area contributed by atoms with Gasteiger partial charge in [0.05, 0.1) is 10.7 Å². The molecule has 14 heavy (non-hydrogen) atoms. The lowest BCUT2D eigenvalue weighted by atomic mass is 10.2. The Hall–Kier alpha value is -0.720. The third kappa shape index (κ3) is 2.63. The number of hydrogen-bond acceptors (Lipinski definition) is 1. The van der Waals surface area contributed by atoms with Crippen LogP contribution in [0.5, 0.6) is 0 Å². The first-order chi connectivity index (χ1) is 6.66. The molecule has 1 rings (SSSR count). The van der Waals surface area contributed by atoms with Gasteiger partial charge in [0.2, 0.25) is 0 Å². The van der Waals surface area contributed by atoms with Gasteiger partial charge in [-0.1, -0.05) is 39.4 Å². The van der Waals surface area contributed by atoms with Gasteiger partial charge in [0, 0.05) is 17.3 Å². The second-order valence-corrected chi connectivity index (χ2v) is 3.74. The Morgan fingerprint density at radius 3 is 2.86 bits per heavy atom. The molecule has 1 aromatic carbocycles. The predicted octanol–water partition coefficient (Wildman–Crippen LogP) is 3.20. The summed E-state index contributed by atoms with van der Waals surface area (Å²) in [6, 6.07) is 3.07. The smallest absolute Gasteiger partial charge is 0.165 e. The van der Waals surface area contributed by atoms with Crippen LogP contribution in [0.1, 0.15) is 12.0 Å². The van der Waals surface area contributed by atoms with E-state index in [9.17, 15) is 4.39 Å². The fourth-order valence-corrected chi connectivity index (χ4v) is 1.28. The Balaban J connectivity index is 3.02. The maximum atomic E-state index is 13.2. The Morgan fingerprint density at radius 1 is 1.50 bits per heavy atom. The summed E-state index contributed by atoms with van der Waals surface area (Å²) in [5, 5.41) is 0.779. The zero-order valence-electron chi connectivity index (χ0n) is 7.28. The molecule has 2 N–H and O–H groups in total. The zero-order chi connectivity index (χ0) is 10.6. The van der Waals surface area contributed by atoms with Crippen LogP contribution in [-0.2, 0) is 0 Å². The molecule has 74 valence electrons. The van der Waals surface area contributed by atoms with Gasteiger partial charge in [-0.05, 0) is 12.1 Å². The predicted molar refractivity (Wildman–Crippen MR) is 61.1 cm³/mol. The van der Waals surface area contributed by atoms with Crippen LogP contribution in [0.15, 0.2) is 12.1 Å². The van der Waals surface area contributed by atoms with Crippen LogP contribution >= 0.6 is 27.5 Å². The molecule has 0 spiro atoms. The van der Waals surface area contributed by atoms with E-state index in [4.69, 9.17) is 17.3 Å². The number of alkyl halides is 1. The molecule has 0 aromatic heterocycles. The van der Waals surface area contributed by atoms with E-state index >= 15 is 0 Å². The second-order valence-electron chi connectivity index (χ2n) is 2.57. The molecule has 0 bridgehead atoms. The van der Waals surface area contributed by atoms with E-state index in [1.165, 1.54) is 6.07 Å². The summed E-state index contributed by atoms with van der Waals surface area (Å²) < 4.78 is 13.2. The van der Waals surface area contributed by atoms with Crippen LogP contribution in [0.3, 0.4) is 0 Å². The monoisotopic (exact) mass is 275 g/mol. The van der Waals surface area contributed by atoms with Crippen molar-refractivity contribution in [1.29, 1.82) is 0 Å². The molecular weight excluding hydrogens is 268 g/mol. The molecule has 0 saturated carbocycles. The quantitative estimate of drug-likeness (QED) is 0.476. The summed E-state index contributed by atoms with van der Waals surface area (Å²) in [6.45, 7) is 0. The SMILES string of the molecule is Nc1ccc(C#CCCBr)c(Cl)c1F. The first kappa shape index (κ1) is 11.4. The zero-order valence-corrected chi connectivity index (χ0v) is 9.62. The average molecular weight is 277 g/mol. The van der Waals surface area contributed by atoms with E-state index in [0.717, 1.165) is 5.33 Å². The summed E-state index contributed by atoms with van der Waals surface area (Å²) in [4.78, 5) is 0. The number of anilines is 1. The van der Waals surface area contributed by atoms with E-state index in [1.54, 1.807) is 6.07 Å². The van der Waals surface area contributed by atoms with Crippen molar-refractivity contribution in [1.82, 2.24) is 0 Å². The van der Waals surface area contributed by atoms with Crippen LogP contribution in [0.4, 0.5) is 10.1 Å². The maximum Gasteiger partial charge on any atom is 0.165 e. The first-order valence-corrected chi connectivity index (χ1v) is 5.45. The van der Waals surface area contributed by atoms with Gasteiger partial charge in [0.1, 0.15) is 0 Å². The minimum Gasteiger partial charge on any atom is -0.396 e. The molecule has 0 aliphatic rings. The minimum absolute atomic E-state index is 0.00734. The topological polar surface area (TPSA) is 26.0 Å². The highest BCUT2D eigenvalue weighted by atomic mass is 79.9. The van der Waals surface area contributed by atoms with Crippen LogP contribution in [0, 0.1) is 17.7 Å². The fourth-order valence-electron chi connectivity index (χ4n) is 0.866. The Kier molecular flexibility index (Phi) is 4.24. The first-order valence-electron chi connectivity index (χ1n) is 3.95. The summed E-state index contributed by atoms with van der Waals surface area (Å²) in [6.07, 6.45) is 0.697. The van der Waals surface area contributed by atoms with E-state index < -0.39 is 5.82 Å². The van der Waals surface area contributed by atoms with Crippen LogP contribution < -0.4 is 5.73 Å². The molecule has 0 heterocycles. The van der Waals surface area contributed by atoms with Gasteiger partial charge in [0.15, 0.2) is 5.82 Å². The lowest BCUT2D eigenvalue weighted by Crippen LogP contribution is -1.92. The summed E-state index contributed by atoms with van der Waals surface area (Å²) >= 11 is 8.95. The second kappa shape index (κ2) is 5.23. The van der Waals surface area contributed by atoms with E-state index in [0.29, 0.717) is 12.0 Å². The molecular formula is C10H8BrClFN. The average Bonchev–Trinajstić information content (AvgIpc) is 2.18. The van der Waals surface area contributed by atoms with Gasteiger partial charge >= 0.3 is 0 Å². The molecule has 0 aliphatic heterocycles.